The molecule has 5 heteroatoms. The fraction of sp³-hybridized carbons (Fsp3) is 0.750. The highest BCUT2D eigenvalue weighted by atomic mass is 16.8. The van der Waals surface area contributed by atoms with Crippen LogP contribution in [-0.4, -0.2) is 37.7 Å². The first-order valence-corrected chi connectivity index (χ1v) is 5.63. The summed E-state index contributed by atoms with van der Waals surface area (Å²) in [6, 6.07) is 0. The smallest absolute Gasteiger partial charge is 0.261 e. The summed E-state index contributed by atoms with van der Waals surface area (Å²) in [4.78, 5) is 11.4. The van der Waals surface area contributed by atoms with Gasteiger partial charge in [0.15, 0.2) is 0 Å². The van der Waals surface area contributed by atoms with Gasteiger partial charge >= 0.3 is 0 Å². The Hall–Kier alpha value is -0.910. The Morgan fingerprint density at radius 3 is 2.53 bits per heavy atom. The number of ether oxygens (including phenoxy) is 4. The van der Waals surface area contributed by atoms with Crippen molar-refractivity contribution in [2.45, 2.75) is 44.4 Å². The molecule has 17 heavy (non-hydrogen) atoms. The zero-order valence-corrected chi connectivity index (χ0v) is 10.6. The Bertz CT molecular complexity index is 364. The molecule has 3 atom stereocenters. The maximum atomic E-state index is 11.4. The molecule has 0 aromatic heterocycles. The van der Waals surface area contributed by atoms with E-state index in [1.54, 1.807) is 19.9 Å². The van der Waals surface area contributed by atoms with Gasteiger partial charge < -0.3 is 18.9 Å². The third-order valence-corrected chi connectivity index (χ3v) is 3.55. The highest BCUT2D eigenvalue weighted by Crippen LogP contribution is 2.42. The first-order valence-electron chi connectivity index (χ1n) is 5.63. The van der Waals surface area contributed by atoms with Crippen LogP contribution in [-0.2, 0) is 23.7 Å². The minimum atomic E-state index is -1.04. The number of carbonyl (C=O) groups is 1. The van der Waals surface area contributed by atoms with Crippen LogP contribution in [0.5, 0.6) is 0 Å². The molecule has 0 bridgehead atoms. The van der Waals surface area contributed by atoms with Crippen molar-refractivity contribution in [3.05, 3.63) is 11.8 Å². The minimum Gasteiger partial charge on any atom is -0.459 e. The third kappa shape index (κ3) is 1.88. The van der Waals surface area contributed by atoms with E-state index in [9.17, 15) is 4.79 Å². The van der Waals surface area contributed by atoms with E-state index in [0.717, 1.165) is 0 Å². The fourth-order valence-corrected chi connectivity index (χ4v) is 2.10. The number of carbonyl (C=O) groups excluding carboxylic acids is 1. The summed E-state index contributed by atoms with van der Waals surface area (Å²) in [5.74, 6) is -1.27. The van der Waals surface area contributed by atoms with Crippen molar-refractivity contribution in [1.82, 2.24) is 0 Å². The average molecular weight is 242 g/mol. The molecule has 1 aliphatic carbocycles. The second kappa shape index (κ2) is 4.08. The molecule has 0 unspecified atom stereocenters. The molecule has 1 aliphatic heterocycles. The lowest BCUT2D eigenvalue weighted by atomic mass is 9.97. The predicted octanol–water partition coefficient (Wildman–Crippen LogP) is 1.37. The summed E-state index contributed by atoms with van der Waals surface area (Å²) in [6.07, 6.45) is 2.09. The molecule has 1 saturated heterocycles. The third-order valence-electron chi connectivity index (χ3n) is 3.55. The van der Waals surface area contributed by atoms with E-state index in [1.165, 1.54) is 14.2 Å². The van der Waals surface area contributed by atoms with E-state index < -0.39 is 11.6 Å². The molecular formula is C12H18O5. The Morgan fingerprint density at radius 2 is 1.94 bits per heavy atom. The number of Topliss-reactive ketones (excluding diaryl/α,β-unsaturated/α-hetero) is 1. The van der Waals surface area contributed by atoms with Gasteiger partial charge in [0.05, 0.1) is 0 Å². The van der Waals surface area contributed by atoms with Gasteiger partial charge in [-0.3, -0.25) is 4.79 Å². The van der Waals surface area contributed by atoms with Gasteiger partial charge in [0.25, 0.3) is 5.79 Å². The van der Waals surface area contributed by atoms with Crippen molar-refractivity contribution in [1.29, 1.82) is 0 Å². The van der Waals surface area contributed by atoms with Gasteiger partial charge in [0.1, 0.15) is 17.6 Å². The summed E-state index contributed by atoms with van der Waals surface area (Å²) in [7, 11) is 3.06. The lowest BCUT2D eigenvalue weighted by Gasteiger charge is -2.50. The molecule has 2 rings (SSSR count). The normalized spacial score (nSPS) is 41.5. The first kappa shape index (κ1) is 12.5. The number of hydrogen-bond donors (Lipinski definition) is 0. The Kier molecular flexibility index (Phi) is 3.01. The highest BCUT2D eigenvalue weighted by Gasteiger charge is 2.56. The minimum absolute atomic E-state index is 0.141. The maximum Gasteiger partial charge on any atom is 0.261 e. The Morgan fingerprint density at radius 1 is 1.29 bits per heavy atom. The van der Waals surface area contributed by atoms with Crippen LogP contribution in [0, 0.1) is 0 Å². The molecule has 1 heterocycles. The number of rotatable bonds is 2. The molecule has 0 N–H and O–H groups in total. The van der Waals surface area contributed by atoms with Crippen LogP contribution in [0.1, 0.15) is 26.7 Å². The van der Waals surface area contributed by atoms with Crippen LogP contribution >= 0.6 is 0 Å². The highest BCUT2D eigenvalue weighted by molar-refractivity contribution is 5.82. The Labute approximate surface area is 101 Å². The lowest BCUT2D eigenvalue weighted by molar-refractivity contribution is -0.413. The van der Waals surface area contributed by atoms with Crippen molar-refractivity contribution in [3.8, 4) is 0 Å². The van der Waals surface area contributed by atoms with Gasteiger partial charge in [-0.1, -0.05) is 0 Å². The summed E-state index contributed by atoms with van der Waals surface area (Å²) in [5, 5.41) is 0. The largest absolute Gasteiger partial charge is 0.459 e. The zero-order chi connectivity index (χ0) is 12.7. The monoisotopic (exact) mass is 242 g/mol. The molecular weight excluding hydrogens is 224 g/mol. The summed E-state index contributed by atoms with van der Waals surface area (Å²) in [6.45, 7) is 3.50. The summed E-state index contributed by atoms with van der Waals surface area (Å²) < 4.78 is 22.4. The molecule has 1 fully saturated rings. The van der Waals surface area contributed by atoms with Gasteiger partial charge in [0, 0.05) is 34.0 Å². The fourth-order valence-electron chi connectivity index (χ4n) is 2.10. The van der Waals surface area contributed by atoms with Crippen LogP contribution in [0.2, 0.25) is 0 Å². The quantitative estimate of drug-likeness (QED) is 0.732. The summed E-state index contributed by atoms with van der Waals surface area (Å²) >= 11 is 0. The van der Waals surface area contributed by atoms with E-state index in [-0.39, 0.29) is 11.9 Å². The van der Waals surface area contributed by atoms with E-state index in [0.29, 0.717) is 18.6 Å². The van der Waals surface area contributed by atoms with Crippen LogP contribution in [0.4, 0.5) is 0 Å². The van der Waals surface area contributed by atoms with Gasteiger partial charge in [0.2, 0.25) is 5.79 Å². The number of allylic oxidation sites excluding steroid dienone is 1. The van der Waals surface area contributed by atoms with Crippen LogP contribution < -0.4 is 0 Å². The van der Waals surface area contributed by atoms with Crippen LogP contribution in [0.25, 0.3) is 0 Å². The van der Waals surface area contributed by atoms with E-state index in [4.69, 9.17) is 18.9 Å². The van der Waals surface area contributed by atoms with Crippen molar-refractivity contribution in [3.63, 3.8) is 0 Å². The zero-order valence-electron chi connectivity index (χ0n) is 10.6. The lowest BCUT2D eigenvalue weighted by Crippen LogP contribution is -2.62. The van der Waals surface area contributed by atoms with Crippen molar-refractivity contribution >= 4 is 5.78 Å². The molecule has 0 amide bonds. The second-order valence-electron chi connectivity index (χ2n) is 4.56. The van der Waals surface area contributed by atoms with E-state index in [2.05, 4.69) is 0 Å². The summed E-state index contributed by atoms with van der Waals surface area (Å²) in [5.41, 5.74) is 0. The molecule has 0 aromatic rings. The van der Waals surface area contributed by atoms with Crippen LogP contribution in [0.3, 0.4) is 0 Å². The SMILES string of the molecule is CO[C@@]1(C)OC2=CCC(=O)C[C@H]2O[C@]1(C)OC. The number of hydrogen-bond acceptors (Lipinski definition) is 5. The van der Waals surface area contributed by atoms with E-state index in [1.807, 2.05) is 0 Å². The van der Waals surface area contributed by atoms with E-state index >= 15 is 0 Å². The molecule has 0 radical (unpaired) electrons. The van der Waals surface area contributed by atoms with Crippen molar-refractivity contribution in [2.75, 3.05) is 14.2 Å². The topological polar surface area (TPSA) is 54.0 Å². The van der Waals surface area contributed by atoms with Crippen molar-refractivity contribution in [2.24, 2.45) is 0 Å². The van der Waals surface area contributed by atoms with Crippen molar-refractivity contribution < 1.29 is 23.7 Å². The molecule has 0 saturated carbocycles. The molecule has 5 nitrogen and oxygen atoms in total. The molecule has 0 aromatic carbocycles. The Balaban J connectivity index is 2.31. The van der Waals surface area contributed by atoms with Crippen LogP contribution in [0.15, 0.2) is 11.8 Å². The van der Waals surface area contributed by atoms with Gasteiger partial charge in [-0.25, -0.2) is 0 Å². The number of fused-ring (bicyclic) bond motifs is 1. The molecule has 0 spiro atoms. The average Bonchev–Trinajstić information content (AvgIpc) is 2.31. The van der Waals surface area contributed by atoms with Gasteiger partial charge in [-0.15, -0.1) is 0 Å². The first-order chi connectivity index (χ1) is 7.94. The standard InChI is InChI=1S/C12H18O5/c1-11(14-3)12(2,15-4)17-10-7-8(13)5-6-9(10)16-11/h6,10H,5,7H2,1-4H3/t10-,11+,12+/m1/s1. The second-order valence-corrected chi connectivity index (χ2v) is 4.56. The maximum absolute atomic E-state index is 11.4. The number of methoxy groups -OCH3 is 2. The molecule has 2 aliphatic rings. The van der Waals surface area contributed by atoms with Gasteiger partial charge in [-0.05, 0) is 13.0 Å². The molecule has 96 valence electrons. The number of ketones is 1. The van der Waals surface area contributed by atoms with Gasteiger partial charge in [-0.2, -0.15) is 0 Å². The predicted molar refractivity (Wildman–Crippen MR) is 59.1 cm³/mol.